The van der Waals surface area contributed by atoms with Gasteiger partial charge in [0.2, 0.25) is 17.7 Å². The molecule has 12 heteroatoms. The fraction of sp³-hybridized carbons (Fsp3) is 0.667. The summed E-state index contributed by atoms with van der Waals surface area (Å²) in [5.41, 5.74) is -0.545. The number of hydrogen-bond acceptors (Lipinski definition) is 8. The number of amides is 3. The molecule has 1 aliphatic rings. The second-order valence-corrected chi connectivity index (χ2v) is 19.1. The van der Waals surface area contributed by atoms with Gasteiger partial charge in [-0.3, -0.25) is 14.4 Å². The van der Waals surface area contributed by atoms with Crippen LogP contribution in [-0.4, -0.2) is 77.6 Å². The predicted molar refractivity (Wildman–Crippen MR) is 189 cm³/mol. The van der Waals surface area contributed by atoms with Gasteiger partial charge in [0.05, 0.1) is 32.3 Å². The van der Waals surface area contributed by atoms with Gasteiger partial charge in [-0.25, -0.2) is 4.79 Å². The Hall–Kier alpha value is -3.22. The molecule has 3 N–H and O–H groups in total. The van der Waals surface area contributed by atoms with Crippen molar-refractivity contribution in [3.8, 4) is 5.75 Å². The third-order valence-electron chi connectivity index (χ3n) is 9.03. The molecule has 0 spiro atoms. The SMILES string of the molecule is CC[Si](CC)(CC)OCC1(C)CNC(=O)CNC(=O)/C=C\CC([C@H](C)COCc2ccc(OC)cc2)OC(=O)C(CC(C)(C)C)NC1=O. The van der Waals surface area contributed by atoms with Crippen molar-refractivity contribution in [3.63, 3.8) is 0 Å². The van der Waals surface area contributed by atoms with Gasteiger partial charge in [-0.1, -0.05) is 66.7 Å². The second kappa shape index (κ2) is 19.1. The molecule has 0 saturated heterocycles. The molecule has 270 valence electrons. The summed E-state index contributed by atoms with van der Waals surface area (Å²) < 4.78 is 23.9. The smallest absolute Gasteiger partial charge is 0.328 e. The van der Waals surface area contributed by atoms with E-state index in [9.17, 15) is 19.2 Å². The molecule has 0 fully saturated rings. The summed E-state index contributed by atoms with van der Waals surface area (Å²) in [6.07, 6.45) is 2.87. The molecule has 1 aliphatic heterocycles. The van der Waals surface area contributed by atoms with Crippen molar-refractivity contribution < 1.29 is 37.8 Å². The number of ether oxygens (including phenoxy) is 3. The molecule has 0 saturated carbocycles. The molecular weight excluding hydrogens is 630 g/mol. The normalized spacial score (nSPS) is 23.4. The molecule has 3 unspecified atom stereocenters. The van der Waals surface area contributed by atoms with E-state index in [1.807, 2.05) is 52.0 Å². The molecular formula is C36H59N3O8Si. The van der Waals surface area contributed by atoms with Crippen LogP contribution >= 0.6 is 0 Å². The predicted octanol–water partition coefficient (Wildman–Crippen LogP) is 4.90. The monoisotopic (exact) mass is 689 g/mol. The third-order valence-corrected chi connectivity index (χ3v) is 13.7. The number of rotatable bonds is 13. The summed E-state index contributed by atoms with van der Waals surface area (Å²) in [4.78, 5) is 53.3. The molecule has 2 rings (SSSR count). The van der Waals surface area contributed by atoms with E-state index in [2.05, 4.69) is 36.7 Å². The van der Waals surface area contributed by atoms with Crippen molar-refractivity contribution in [3.05, 3.63) is 42.0 Å². The molecule has 1 heterocycles. The van der Waals surface area contributed by atoms with Crippen LogP contribution in [0.25, 0.3) is 0 Å². The zero-order chi connectivity index (χ0) is 36.0. The molecule has 0 bridgehead atoms. The second-order valence-electron chi connectivity index (χ2n) is 14.3. The Labute approximate surface area is 288 Å². The van der Waals surface area contributed by atoms with Gasteiger partial charge in [0.15, 0.2) is 8.32 Å². The van der Waals surface area contributed by atoms with Crippen molar-refractivity contribution in [2.24, 2.45) is 16.7 Å². The first-order chi connectivity index (χ1) is 22.6. The Morgan fingerprint density at radius 1 is 1.02 bits per heavy atom. The molecule has 0 radical (unpaired) electrons. The van der Waals surface area contributed by atoms with Crippen molar-refractivity contribution in [1.29, 1.82) is 0 Å². The first-order valence-electron chi connectivity index (χ1n) is 17.2. The number of benzene rings is 1. The number of hydrogen-bond donors (Lipinski definition) is 3. The molecule has 11 nitrogen and oxygen atoms in total. The minimum atomic E-state index is -2.09. The molecule has 4 atom stereocenters. The van der Waals surface area contributed by atoms with Gasteiger partial charge in [0.25, 0.3) is 0 Å². The lowest BCUT2D eigenvalue weighted by Gasteiger charge is -2.36. The van der Waals surface area contributed by atoms with E-state index in [1.165, 1.54) is 6.08 Å². The standard InChI is InChI=1S/C36H59N3O8Si/c1-10-48(11-2,12-3)46-25-36(8)24-38-32(41)21-37-31(40)15-13-14-30(47-33(42)29(39-34(36)43)20-35(5,6)7)26(4)22-45-23-27-16-18-28(44-9)19-17-27/h13,15-19,26,29-30H,10-12,14,20-25H2,1-9H3,(H,37,40)(H,38,41)(H,39,43)/b15-13-/t26-,29?,30?,36?/m1/s1. The molecule has 3 amide bonds. The maximum absolute atomic E-state index is 14.1. The van der Waals surface area contributed by atoms with E-state index in [0.717, 1.165) is 29.4 Å². The van der Waals surface area contributed by atoms with E-state index in [0.29, 0.717) is 13.0 Å². The fourth-order valence-electron chi connectivity index (χ4n) is 5.41. The number of nitrogens with one attached hydrogen (secondary N) is 3. The first kappa shape index (κ1) is 40.9. The van der Waals surface area contributed by atoms with Gasteiger partial charge < -0.3 is 34.6 Å². The number of carbonyl (C=O) groups is 4. The summed E-state index contributed by atoms with van der Waals surface area (Å²) in [7, 11) is -0.483. The van der Waals surface area contributed by atoms with Gasteiger partial charge in [-0.2, -0.15) is 0 Å². The van der Waals surface area contributed by atoms with Gasteiger partial charge in [-0.15, -0.1) is 0 Å². The zero-order valence-electron chi connectivity index (χ0n) is 30.5. The highest BCUT2D eigenvalue weighted by molar-refractivity contribution is 6.73. The van der Waals surface area contributed by atoms with Gasteiger partial charge in [0.1, 0.15) is 17.9 Å². The summed E-state index contributed by atoms with van der Waals surface area (Å²) >= 11 is 0. The average molecular weight is 690 g/mol. The summed E-state index contributed by atoms with van der Waals surface area (Å²) in [6, 6.07) is 9.30. The molecule has 0 aromatic heterocycles. The number of esters is 1. The maximum Gasteiger partial charge on any atom is 0.328 e. The lowest BCUT2D eigenvalue weighted by molar-refractivity contribution is -0.158. The molecule has 1 aromatic rings. The van der Waals surface area contributed by atoms with Crippen LogP contribution in [0.1, 0.15) is 73.8 Å². The van der Waals surface area contributed by atoms with Crippen molar-refractivity contribution >= 4 is 32.0 Å². The van der Waals surface area contributed by atoms with Crippen molar-refractivity contribution in [2.75, 3.05) is 33.4 Å². The lowest BCUT2D eigenvalue weighted by Crippen LogP contribution is -2.56. The Bertz CT molecular complexity index is 1220. The number of methoxy groups -OCH3 is 1. The van der Waals surface area contributed by atoms with Crippen LogP contribution < -0.4 is 20.7 Å². The van der Waals surface area contributed by atoms with Crippen LogP contribution in [0.2, 0.25) is 18.1 Å². The Morgan fingerprint density at radius 3 is 2.25 bits per heavy atom. The van der Waals surface area contributed by atoms with Crippen LogP contribution in [0.3, 0.4) is 0 Å². The van der Waals surface area contributed by atoms with Gasteiger partial charge in [-0.05, 0) is 60.7 Å². The minimum Gasteiger partial charge on any atom is -0.497 e. The van der Waals surface area contributed by atoms with E-state index in [-0.39, 0.29) is 44.1 Å². The Morgan fingerprint density at radius 2 is 1.67 bits per heavy atom. The van der Waals surface area contributed by atoms with E-state index >= 15 is 0 Å². The average Bonchev–Trinajstić information content (AvgIpc) is 3.05. The number of cyclic esters (lactones) is 1. The highest BCUT2D eigenvalue weighted by Gasteiger charge is 2.41. The van der Waals surface area contributed by atoms with E-state index < -0.39 is 49.6 Å². The first-order valence-corrected chi connectivity index (χ1v) is 19.7. The summed E-state index contributed by atoms with van der Waals surface area (Å²) in [6.45, 7) is 16.4. The quantitative estimate of drug-likeness (QED) is 0.196. The highest BCUT2D eigenvalue weighted by atomic mass is 28.4. The minimum absolute atomic E-state index is 0.0342. The summed E-state index contributed by atoms with van der Waals surface area (Å²) in [5.74, 6) is -1.36. The third kappa shape index (κ3) is 13.4. The van der Waals surface area contributed by atoms with Crippen LogP contribution in [0.15, 0.2) is 36.4 Å². The van der Waals surface area contributed by atoms with Crippen molar-refractivity contribution in [2.45, 2.75) is 105 Å². The van der Waals surface area contributed by atoms with E-state index in [4.69, 9.17) is 18.6 Å². The molecule has 1 aromatic carbocycles. The summed E-state index contributed by atoms with van der Waals surface area (Å²) in [5, 5.41) is 8.35. The van der Waals surface area contributed by atoms with E-state index in [1.54, 1.807) is 20.1 Å². The van der Waals surface area contributed by atoms with Crippen LogP contribution in [0.5, 0.6) is 5.75 Å². The molecule has 0 aliphatic carbocycles. The zero-order valence-corrected chi connectivity index (χ0v) is 31.5. The van der Waals surface area contributed by atoms with Crippen LogP contribution in [0, 0.1) is 16.7 Å². The van der Waals surface area contributed by atoms with Crippen molar-refractivity contribution in [1.82, 2.24) is 16.0 Å². The maximum atomic E-state index is 14.1. The fourth-order valence-corrected chi connectivity index (χ4v) is 8.15. The number of carbonyl (C=O) groups excluding carboxylic acids is 4. The topological polar surface area (TPSA) is 141 Å². The Kier molecular flexibility index (Phi) is 16.3. The molecule has 48 heavy (non-hydrogen) atoms. The highest BCUT2D eigenvalue weighted by Crippen LogP contribution is 2.28. The van der Waals surface area contributed by atoms with Crippen LogP contribution in [-0.2, 0) is 39.7 Å². The van der Waals surface area contributed by atoms with Gasteiger partial charge >= 0.3 is 5.97 Å². The lowest BCUT2D eigenvalue weighted by atomic mass is 9.86. The largest absolute Gasteiger partial charge is 0.497 e. The van der Waals surface area contributed by atoms with Gasteiger partial charge in [0, 0.05) is 25.5 Å². The van der Waals surface area contributed by atoms with Crippen LogP contribution in [0.4, 0.5) is 0 Å². The Balaban J connectivity index is 2.36.